The number of benzene rings is 1. The fraction of sp³-hybridized carbons (Fsp3) is 0.533. The van der Waals surface area contributed by atoms with Crippen molar-refractivity contribution in [1.29, 1.82) is 0 Å². The summed E-state index contributed by atoms with van der Waals surface area (Å²) in [5.41, 5.74) is 6.56. The number of nitrogens with two attached hydrogens (primary N) is 1. The highest BCUT2D eigenvalue weighted by Gasteiger charge is 2.11. The summed E-state index contributed by atoms with van der Waals surface area (Å²) in [5, 5.41) is 2.98. The van der Waals surface area contributed by atoms with Gasteiger partial charge in [0.2, 0.25) is 0 Å². The zero-order chi connectivity index (χ0) is 16.5. The molecule has 0 radical (unpaired) electrons. The molecule has 0 aliphatic carbocycles. The van der Waals surface area contributed by atoms with Crippen LogP contribution in [0, 0.1) is 5.92 Å². The van der Waals surface area contributed by atoms with E-state index in [1.807, 2.05) is 0 Å². The van der Waals surface area contributed by atoms with Gasteiger partial charge in [-0.25, -0.2) is 0 Å². The van der Waals surface area contributed by atoms with Gasteiger partial charge in [-0.05, 0) is 30.0 Å². The van der Waals surface area contributed by atoms with Crippen LogP contribution >= 0.6 is 24.0 Å². The maximum absolute atomic E-state index is 12.4. The molecule has 8 heteroatoms. The molecule has 132 valence electrons. The number of nitrogens with one attached hydrogen (secondary N) is 1. The second-order valence-corrected chi connectivity index (χ2v) is 5.16. The molecule has 0 aliphatic heterocycles. The zero-order valence-electron chi connectivity index (χ0n) is 13.5. The van der Waals surface area contributed by atoms with E-state index in [9.17, 15) is 8.78 Å². The lowest BCUT2D eigenvalue weighted by molar-refractivity contribution is -0.0512. The fourth-order valence-electron chi connectivity index (χ4n) is 1.74. The fourth-order valence-corrected chi connectivity index (χ4v) is 1.74. The average molecular weight is 443 g/mol. The number of nitrogens with zero attached hydrogens (tertiary/aromatic N) is 1. The molecule has 0 fully saturated rings. The predicted molar refractivity (Wildman–Crippen MR) is 98.1 cm³/mol. The summed E-state index contributed by atoms with van der Waals surface area (Å²) < 4.78 is 34.1. The number of rotatable bonds is 8. The first kappa shape index (κ1) is 21.7. The maximum atomic E-state index is 12.4. The van der Waals surface area contributed by atoms with Gasteiger partial charge >= 0.3 is 6.61 Å². The van der Waals surface area contributed by atoms with Crippen LogP contribution in [0.5, 0.6) is 11.5 Å². The van der Waals surface area contributed by atoms with E-state index in [4.69, 9.17) is 10.5 Å². The molecule has 0 aliphatic rings. The molecular formula is C15H24F2IN3O2. The Morgan fingerprint density at radius 1 is 1.30 bits per heavy atom. The minimum absolute atomic E-state index is 0. The van der Waals surface area contributed by atoms with Crippen LogP contribution in [-0.4, -0.2) is 32.8 Å². The second kappa shape index (κ2) is 11.3. The van der Waals surface area contributed by atoms with Gasteiger partial charge in [0.1, 0.15) is 0 Å². The Kier molecular flexibility index (Phi) is 10.6. The van der Waals surface area contributed by atoms with Crippen molar-refractivity contribution in [3.05, 3.63) is 23.8 Å². The van der Waals surface area contributed by atoms with E-state index in [-0.39, 0.29) is 35.5 Å². The van der Waals surface area contributed by atoms with Crippen molar-refractivity contribution in [2.75, 3.05) is 20.2 Å². The normalized spacial score (nSPS) is 11.3. The third-order valence-electron chi connectivity index (χ3n) is 2.79. The predicted octanol–water partition coefficient (Wildman–Crippen LogP) is 3.02. The topological polar surface area (TPSA) is 68.9 Å². The van der Waals surface area contributed by atoms with Crippen LogP contribution in [0.15, 0.2) is 23.2 Å². The van der Waals surface area contributed by atoms with Crippen LogP contribution in [0.4, 0.5) is 8.78 Å². The summed E-state index contributed by atoms with van der Waals surface area (Å²) in [4.78, 5) is 4.18. The van der Waals surface area contributed by atoms with Crippen LogP contribution in [0.2, 0.25) is 0 Å². The summed E-state index contributed by atoms with van der Waals surface area (Å²) in [7, 11) is 1.40. The molecule has 0 aromatic heterocycles. The van der Waals surface area contributed by atoms with Crippen LogP contribution in [0.1, 0.15) is 19.4 Å². The standard InChI is InChI=1S/C15H23F2N3O2.HI/c1-10(2)9-20-15(18)19-7-6-11-4-5-12(21-3)13(8-11)22-14(16)17;/h4-5,8,10,14H,6-7,9H2,1-3H3,(H3,18,19,20);1H. The van der Waals surface area contributed by atoms with E-state index in [0.717, 1.165) is 5.56 Å². The van der Waals surface area contributed by atoms with Gasteiger partial charge < -0.3 is 20.5 Å². The number of hydrogen-bond donors (Lipinski definition) is 2. The molecule has 23 heavy (non-hydrogen) atoms. The summed E-state index contributed by atoms with van der Waals surface area (Å²) in [6.07, 6.45) is 0.599. The van der Waals surface area contributed by atoms with Crippen LogP contribution in [0.25, 0.3) is 0 Å². The van der Waals surface area contributed by atoms with Crippen molar-refractivity contribution in [1.82, 2.24) is 5.32 Å². The Bertz CT molecular complexity index is 500. The van der Waals surface area contributed by atoms with Gasteiger partial charge in [0.05, 0.1) is 7.11 Å². The Hall–Kier alpha value is -1.32. The summed E-state index contributed by atoms with van der Waals surface area (Å²) >= 11 is 0. The Morgan fingerprint density at radius 3 is 2.57 bits per heavy atom. The molecule has 1 rings (SSSR count). The van der Waals surface area contributed by atoms with Gasteiger partial charge in [-0.1, -0.05) is 19.9 Å². The molecule has 0 amide bonds. The summed E-state index contributed by atoms with van der Waals surface area (Å²) in [6, 6.07) is 4.93. The van der Waals surface area contributed by atoms with Crippen molar-refractivity contribution < 1.29 is 18.3 Å². The minimum Gasteiger partial charge on any atom is -0.493 e. The summed E-state index contributed by atoms with van der Waals surface area (Å²) in [5.74, 6) is 1.12. The molecule has 1 aromatic carbocycles. The maximum Gasteiger partial charge on any atom is 0.387 e. The van der Waals surface area contributed by atoms with Crippen molar-refractivity contribution in [2.24, 2.45) is 16.6 Å². The molecule has 0 atom stereocenters. The third kappa shape index (κ3) is 8.77. The molecule has 0 heterocycles. The lowest BCUT2D eigenvalue weighted by Gasteiger charge is -2.12. The van der Waals surface area contributed by atoms with Gasteiger partial charge in [-0.3, -0.25) is 4.99 Å². The van der Waals surface area contributed by atoms with Crippen molar-refractivity contribution >= 4 is 29.9 Å². The molecule has 3 N–H and O–H groups in total. The number of guanidine groups is 1. The van der Waals surface area contributed by atoms with Crippen molar-refractivity contribution in [3.63, 3.8) is 0 Å². The quantitative estimate of drug-likeness (QED) is 0.368. The van der Waals surface area contributed by atoms with Crippen molar-refractivity contribution in [2.45, 2.75) is 26.9 Å². The lowest BCUT2D eigenvalue weighted by atomic mass is 10.1. The average Bonchev–Trinajstić information content (AvgIpc) is 2.45. The lowest BCUT2D eigenvalue weighted by Crippen LogP contribution is -2.33. The van der Waals surface area contributed by atoms with Gasteiger partial charge in [0.15, 0.2) is 17.5 Å². The van der Waals surface area contributed by atoms with E-state index in [2.05, 4.69) is 28.9 Å². The number of ether oxygens (including phenoxy) is 2. The number of hydrogen-bond acceptors (Lipinski definition) is 3. The van der Waals surface area contributed by atoms with E-state index < -0.39 is 6.61 Å². The van der Waals surface area contributed by atoms with E-state index >= 15 is 0 Å². The number of alkyl halides is 2. The first-order valence-corrected chi connectivity index (χ1v) is 7.08. The highest BCUT2D eigenvalue weighted by atomic mass is 127. The van der Waals surface area contributed by atoms with Crippen molar-refractivity contribution in [3.8, 4) is 11.5 Å². The highest BCUT2D eigenvalue weighted by Crippen LogP contribution is 2.29. The Balaban J connectivity index is 0.00000484. The minimum atomic E-state index is -2.89. The van der Waals surface area contributed by atoms with Crippen LogP contribution < -0.4 is 20.5 Å². The smallest absolute Gasteiger partial charge is 0.387 e. The second-order valence-electron chi connectivity index (χ2n) is 5.16. The molecular weight excluding hydrogens is 419 g/mol. The molecule has 0 saturated carbocycles. The number of methoxy groups -OCH3 is 1. The van der Waals surface area contributed by atoms with Gasteiger partial charge in [-0.2, -0.15) is 8.78 Å². The molecule has 0 saturated heterocycles. The molecule has 5 nitrogen and oxygen atoms in total. The first-order chi connectivity index (χ1) is 10.4. The molecule has 0 bridgehead atoms. The summed E-state index contributed by atoms with van der Waals surface area (Å²) in [6.45, 7) is 2.43. The van der Waals surface area contributed by atoms with E-state index in [0.29, 0.717) is 31.4 Å². The van der Waals surface area contributed by atoms with Gasteiger partial charge in [-0.15, -0.1) is 24.0 Å². The third-order valence-corrected chi connectivity index (χ3v) is 2.79. The molecule has 0 unspecified atom stereocenters. The Morgan fingerprint density at radius 2 is 2.00 bits per heavy atom. The van der Waals surface area contributed by atoms with Crippen LogP contribution in [0.3, 0.4) is 0 Å². The van der Waals surface area contributed by atoms with Gasteiger partial charge in [0.25, 0.3) is 0 Å². The number of aliphatic imine (C=N–C) groups is 1. The van der Waals surface area contributed by atoms with E-state index in [1.54, 1.807) is 12.1 Å². The van der Waals surface area contributed by atoms with E-state index in [1.165, 1.54) is 13.2 Å². The van der Waals surface area contributed by atoms with Gasteiger partial charge in [0, 0.05) is 13.1 Å². The highest BCUT2D eigenvalue weighted by molar-refractivity contribution is 14.0. The SMILES string of the molecule is COc1ccc(CCNC(N)=NCC(C)C)cc1OC(F)F.I. The monoisotopic (exact) mass is 443 g/mol. The largest absolute Gasteiger partial charge is 0.493 e. The Labute approximate surface area is 152 Å². The molecule has 1 aromatic rings. The van der Waals surface area contributed by atoms with Crippen LogP contribution in [-0.2, 0) is 6.42 Å². The molecule has 0 spiro atoms. The first-order valence-electron chi connectivity index (χ1n) is 7.08. The number of halogens is 3. The zero-order valence-corrected chi connectivity index (χ0v) is 15.8.